The zero-order chi connectivity index (χ0) is 22.9. The van der Waals surface area contributed by atoms with E-state index >= 15 is 0 Å². The van der Waals surface area contributed by atoms with Crippen molar-refractivity contribution in [2.75, 3.05) is 5.75 Å². The lowest BCUT2D eigenvalue weighted by molar-refractivity contribution is 0.171. The highest BCUT2D eigenvalue weighted by Crippen LogP contribution is 2.41. The number of benzene rings is 2. The molecule has 32 heavy (non-hydrogen) atoms. The van der Waals surface area contributed by atoms with Crippen molar-refractivity contribution < 1.29 is 23.2 Å². The maximum atomic E-state index is 12.7. The molecule has 2 heterocycles. The zero-order valence-electron chi connectivity index (χ0n) is 17.9. The number of hydrogen-bond donors (Lipinski definition) is 2. The fourth-order valence-electron chi connectivity index (χ4n) is 4.65. The highest BCUT2D eigenvalue weighted by atomic mass is 35.5. The zero-order valence-corrected chi connectivity index (χ0v) is 19.4. The molecule has 2 aromatic carbocycles. The molecule has 2 N–H and O–H groups in total. The Hall–Kier alpha value is -2.06. The predicted molar refractivity (Wildman–Crippen MR) is 129 cm³/mol. The number of sulfone groups is 1. The molecule has 2 aliphatic rings. The first-order chi connectivity index (χ1) is 15.3. The lowest BCUT2D eigenvalue weighted by Gasteiger charge is -2.32. The van der Waals surface area contributed by atoms with Gasteiger partial charge in [-0.05, 0) is 65.8 Å². The van der Waals surface area contributed by atoms with Crippen LogP contribution in [-0.2, 0) is 14.5 Å². The van der Waals surface area contributed by atoms with Crippen LogP contribution >= 0.6 is 11.6 Å². The quantitative estimate of drug-likeness (QED) is 0.360. The molecule has 0 amide bonds. The van der Waals surface area contributed by atoms with Gasteiger partial charge >= 0.3 is 7.12 Å². The van der Waals surface area contributed by atoms with Crippen LogP contribution in [0.15, 0.2) is 59.7 Å². The SMILES string of the molecule is CCC1=C2[C@@H](CC/C(=C/c3ccc(O)cc3Cl)c3ccccc3)OB(O)C[C@@H]2S(=O)(=O)C1. The van der Waals surface area contributed by atoms with Gasteiger partial charge in [-0.25, -0.2) is 8.42 Å². The normalized spacial score (nSPS) is 22.8. The highest BCUT2D eigenvalue weighted by Gasteiger charge is 2.47. The van der Waals surface area contributed by atoms with Crippen LogP contribution in [0.2, 0.25) is 11.3 Å². The Kier molecular flexibility index (Phi) is 6.82. The Morgan fingerprint density at radius 2 is 2.00 bits per heavy atom. The van der Waals surface area contributed by atoms with Gasteiger partial charge in [0, 0.05) is 6.32 Å². The van der Waals surface area contributed by atoms with Crippen molar-refractivity contribution in [3.8, 4) is 5.75 Å². The third kappa shape index (κ3) is 4.81. The molecule has 0 saturated carbocycles. The summed E-state index contributed by atoms with van der Waals surface area (Å²) < 4.78 is 31.2. The van der Waals surface area contributed by atoms with Crippen molar-refractivity contribution in [1.82, 2.24) is 0 Å². The number of allylic oxidation sites excluding steroid dienone is 1. The van der Waals surface area contributed by atoms with Crippen LogP contribution in [0.5, 0.6) is 5.75 Å². The molecular formula is C24H26BClO5S. The maximum Gasteiger partial charge on any atom is 0.456 e. The Balaban J connectivity index is 1.65. The largest absolute Gasteiger partial charge is 0.508 e. The maximum absolute atomic E-state index is 12.7. The molecule has 0 spiro atoms. The van der Waals surface area contributed by atoms with Crippen LogP contribution in [0, 0.1) is 0 Å². The van der Waals surface area contributed by atoms with E-state index in [2.05, 4.69) is 0 Å². The van der Waals surface area contributed by atoms with E-state index in [1.54, 1.807) is 12.1 Å². The third-order valence-electron chi connectivity index (χ3n) is 6.21. The second-order valence-corrected chi connectivity index (χ2v) is 10.9. The average molecular weight is 473 g/mol. The fourth-order valence-corrected chi connectivity index (χ4v) is 7.10. The number of phenolic OH excluding ortho intramolecular Hbond substituents is 1. The molecule has 2 aromatic rings. The fraction of sp³-hybridized carbons (Fsp3) is 0.333. The van der Waals surface area contributed by atoms with E-state index < -0.39 is 28.3 Å². The summed E-state index contributed by atoms with van der Waals surface area (Å²) in [5, 5.41) is 19.7. The van der Waals surface area contributed by atoms with Crippen molar-refractivity contribution in [1.29, 1.82) is 0 Å². The summed E-state index contributed by atoms with van der Waals surface area (Å²) in [6.07, 6.45) is 3.44. The molecule has 168 valence electrons. The van der Waals surface area contributed by atoms with E-state index in [0.717, 1.165) is 27.8 Å². The number of hydrogen-bond acceptors (Lipinski definition) is 5. The lowest BCUT2D eigenvalue weighted by Crippen LogP contribution is -2.41. The van der Waals surface area contributed by atoms with Gasteiger partial charge in [0.05, 0.1) is 22.1 Å². The van der Waals surface area contributed by atoms with Crippen LogP contribution in [0.3, 0.4) is 0 Å². The standard InChI is InChI=1S/C24H26BClO5S/c1-2-16-15-32(29,30)23-14-25(28)31-22(24(16)23)11-9-18(17-6-4-3-5-7-17)12-19-8-10-20(27)13-21(19)26/h3-8,10,12-13,22-23,27-28H,2,9,11,14-15H2,1H3/b18-12-/t22-,23+/m1/s1. The molecule has 2 atom stereocenters. The molecule has 0 unspecified atom stereocenters. The molecule has 2 aliphatic heterocycles. The lowest BCUT2D eigenvalue weighted by atomic mass is 9.74. The van der Waals surface area contributed by atoms with E-state index in [1.807, 2.05) is 43.3 Å². The number of phenols is 1. The minimum absolute atomic E-state index is 0.0561. The van der Waals surface area contributed by atoms with Gasteiger partial charge in [0.15, 0.2) is 9.84 Å². The molecule has 0 aliphatic carbocycles. The molecule has 0 bridgehead atoms. The van der Waals surface area contributed by atoms with Crippen molar-refractivity contribution in [3.63, 3.8) is 0 Å². The topological polar surface area (TPSA) is 83.8 Å². The Labute approximate surface area is 194 Å². The van der Waals surface area contributed by atoms with Crippen molar-refractivity contribution in [2.45, 2.75) is 43.9 Å². The van der Waals surface area contributed by atoms with Gasteiger partial charge in [-0.2, -0.15) is 0 Å². The summed E-state index contributed by atoms with van der Waals surface area (Å²) in [5.74, 6) is 0.158. The molecule has 5 nitrogen and oxygen atoms in total. The second-order valence-electron chi connectivity index (χ2n) is 8.30. The van der Waals surface area contributed by atoms with Crippen LogP contribution in [-0.4, -0.2) is 42.8 Å². The van der Waals surface area contributed by atoms with Crippen LogP contribution < -0.4 is 0 Å². The monoisotopic (exact) mass is 472 g/mol. The van der Waals surface area contributed by atoms with Crippen molar-refractivity contribution >= 4 is 40.2 Å². The average Bonchev–Trinajstić information content (AvgIpc) is 3.03. The number of aromatic hydroxyl groups is 1. The van der Waals surface area contributed by atoms with Gasteiger partial charge < -0.3 is 14.8 Å². The molecule has 1 fully saturated rings. The summed E-state index contributed by atoms with van der Waals surface area (Å²) in [4.78, 5) is 0. The summed E-state index contributed by atoms with van der Waals surface area (Å²) >= 11 is 6.33. The molecule has 0 aromatic heterocycles. The van der Waals surface area contributed by atoms with E-state index in [4.69, 9.17) is 16.3 Å². The van der Waals surface area contributed by atoms with Crippen LogP contribution in [0.4, 0.5) is 0 Å². The number of fused-ring (bicyclic) bond motifs is 1. The number of rotatable bonds is 6. The van der Waals surface area contributed by atoms with Crippen molar-refractivity contribution in [2.24, 2.45) is 0 Å². The van der Waals surface area contributed by atoms with E-state index in [0.29, 0.717) is 24.3 Å². The van der Waals surface area contributed by atoms with Gasteiger partial charge in [0.1, 0.15) is 5.75 Å². The third-order valence-corrected chi connectivity index (χ3v) is 8.60. The van der Waals surface area contributed by atoms with E-state index in [9.17, 15) is 18.5 Å². The molecule has 8 heteroatoms. The van der Waals surface area contributed by atoms with Gasteiger partial charge in [-0.3, -0.25) is 0 Å². The van der Waals surface area contributed by atoms with Crippen molar-refractivity contribution in [3.05, 3.63) is 75.8 Å². The predicted octanol–water partition coefficient (Wildman–Crippen LogP) is 4.75. The second kappa shape index (κ2) is 9.44. The van der Waals surface area contributed by atoms with Gasteiger partial charge in [0.2, 0.25) is 0 Å². The van der Waals surface area contributed by atoms with Gasteiger partial charge in [-0.1, -0.05) is 54.4 Å². The number of halogens is 1. The minimum atomic E-state index is -3.29. The van der Waals surface area contributed by atoms with Gasteiger partial charge in [0.25, 0.3) is 0 Å². The molecule has 1 saturated heterocycles. The first-order valence-electron chi connectivity index (χ1n) is 10.8. The molecular weight excluding hydrogens is 447 g/mol. The summed E-state index contributed by atoms with van der Waals surface area (Å²) in [7, 11) is -4.38. The smallest absolute Gasteiger partial charge is 0.456 e. The minimum Gasteiger partial charge on any atom is -0.508 e. The van der Waals surface area contributed by atoms with E-state index in [1.165, 1.54) is 6.07 Å². The van der Waals surface area contributed by atoms with Crippen LogP contribution in [0.1, 0.15) is 37.3 Å². The Morgan fingerprint density at radius 3 is 2.69 bits per heavy atom. The molecule has 0 radical (unpaired) electrons. The Bertz CT molecular complexity index is 1160. The first kappa shape index (κ1) is 23.1. The summed E-state index contributed by atoms with van der Waals surface area (Å²) in [6.45, 7) is 1.96. The highest BCUT2D eigenvalue weighted by molar-refractivity contribution is 7.92. The Morgan fingerprint density at radius 1 is 1.25 bits per heavy atom. The van der Waals surface area contributed by atoms with E-state index in [-0.39, 0.29) is 17.8 Å². The van der Waals surface area contributed by atoms with Crippen LogP contribution in [0.25, 0.3) is 11.6 Å². The van der Waals surface area contributed by atoms with Gasteiger partial charge in [-0.15, -0.1) is 0 Å². The molecule has 4 rings (SSSR count). The summed E-state index contributed by atoms with van der Waals surface area (Å²) in [6, 6.07) is 14.7. The summed E-state index contributed by atoms with van der Waals surface area (Å²) in [5.41, 5.74) is 4.57. The first-order valence-corrected chi connectivity index (χ1v) is 12.9.